The van der Waals surface area contributed by atoms with Gasteiger partial charge in [-0.05, 0) is 119 Å². The Balaban J connectivity index is 1.13. The summed E-state index contributed by atoms with van der Waals surface area (Å²) in [6.07, 6.45) is 0. The van der Waals surface area contributed by atoms with Crippen LogP contribution < -0.4 is 4.74 Å². The summed E-state index contributed by atoms with van der Waals surface area (Å²) in [6, 6.07) is 52.3. The summed E-state index contributed by atoms with van der Waals surface area (Å²) < 4.78 is 6.36. The van der Waals surface area contributed by atoms with Crippen LogP contribution in [0.4, 0.5) is 0 Å². The SMILES string of the molecule is N#Cc1ccc2c3c(cccc13)-c1cc(-c3cc4ccc5cc(-c6cccc7ccccc67)cc6ccc(c3)c4c56)ccc1O2. The summed E-state index contributed by atoms with van der Waals surface area (Å²) >= 11 is 0. The van der Waals surface area contributed by atoms with E-state index in [1.807, 2.05) is 24.3 Å². The maximum Gasteiger partial charge on any atom is 0.136 e. The Morgan fingerprint density at radius 2 is 1.02 bits per heavy atom. The lowest BCUT2D eigenvalue weighted by Gasteiger charge is -2.22. The molecule has 1 aliphatic rings. The van der Waals surface area contributed by atoms with Crippen LogP contribution in [0.15, 0.2) is 140 Å². The molecule has 0 atom stereocenters. The highest BCUT2D eigenvalue weighted by Crippen LogP contribution is 2.49. The molecule has 0 fully saturated rings. The molecule has 0 unspecified atom stereocenters. The molecule has 206 valence electrons. The molecule has 1 aliphatic heterocycles. The molecule has 0 saturated carbocycles. The van der Waals surface area contributed by atoms with Crippen LogP contribution in [0.1, 0.15) is 5.56 Å². The minimum absolute atomic E-state index is 0.662. The van der Waals surface area contributed by atoms with Crippen LogP contribution in [0.25, 0.3) is 87.2 Å². The van der Waals surface area contributed by atoms with Gasteiger partial charge in [-0.1, -0.05) is 91.0 Å². The van der Waals surface area contributed by atoms with Crippen molar-refractivity contribution in [2.75, 3.05) is 0 Å². The van der Waals surface area contributed by atoms with Crippen molar-refractivity contribution in [3.05, 3.63) is 145 Å². The maximum atomic E-state index is 9.71. The summed E-state index contributed by atoms with van der Waals surface area (Å²) in [5.41, 5.74) is 7.62. The molecular formula is C43H23NO. The topological polar surface area (TPSA) is 33.0 Å². The van der Waals surface area contributed by atoms with Gasteiger partial charge >= 0.3 is 0 Å². The van der Waals surface area contributed by atoms with Crippen molar-refractivity contribution in [1.82, 2.24) is 0 Å². The van der Waals surface area contributed by atoms with Gasteiger partial charge in [0.2, 0.25) is 0 Å². The standard InChI is InChI=1S/C43H23NO/c44-24-31-16-18-40-43-36(31)9-4-10-37(43)38-23-26(15-17-39(38)45-40)32-19-27-11-13-29-21-33(22-30-14-12-28(20-32)41(27)42(29)30)35-8-3-6-25-5-1-2-7-34(25)35/h1-23H. The van der Waals surface area contributed by atoms with Gasteiger partial charge in [0, 0.05) is 16.3 Å². The van der Waals surface area contributed by atoms with Crippen LogP contribution in [0.3, 0.4) is 0 Å². The molecule has 0 aromatic heterocycles. The maximum absolute atomic E-state index is 9.71. The number of hydrogen-bond acceptors (Lipinski definition) is 2. The molecule has 9 aromatic rings. The van der Waals surface area contributed by atoms with E-state index in [1.165, 1.54) is 59.8 Å². The van der Waals surface area contributed by atoms with Gasteiger partial charge < -0.3 is 4.74 Å². The number of nitrogens with zero attached hydrogens (tertiary/aromatic N) is 1. The van der Waals surface area contributed by atoms with E-state index in [9.17, 15) is 5.26 Å². The van der Waals surface area contributed by atoms with Crippen LogP contribution in [-0.2, 0) is 0 Å². The third-order valence-electron chi connectivity index (χ3n) is 9.58. The van der Waals surface area contributed by atoms with Crippen molar-refractivity contribution in [3.63, 3.8) is 0 Å². The van der Waals surface area contributed by atoms with Gasteiger partial charge in [0.05, 0.1) is 11.6 Å². The molecule has 9 aromatic carbocycles. The number of benzene rings is 9. The highest BCUT2D eigenvalue weighted by Gasteiger charge is 2.22. The van der Waals surface area contributed by atoms with Crippen molar-refractivity contribution in [1.29, 1.82) is 5.26 Å². The normalized spacial score (nSPS) is 12.2. The smallest absolute Gasteiger partial charge is 0.136 e. The van der Waals surface area contributed by atoms with E-state index in [2.05, 4.69) is 121 Å². The second-order valence-corrected chi connectivity index (χ2v) is 12.0. The van der Waals surface area contributed by atoms with Gasteiger partial charge in [0.25, 0.3) is 0 Å². The Kier molecular flexibility index (Phi) is 4.82. The van der Waals surface area contributed by atoms with E-state index < -0.39 is 0 Å². The Hall–Kier alpha value is -6.17. The quantitative estimate of drug-likeness (QED) is 0.194. The summed E-state index contributed by atoms with van der Waals surface area (Å²) in [5.74, 6) is 1.63. The number of hydrogen-bond donors (Lipinski definition) is 0. The van der Waals surface area contributed by atoms with Crippen LogP contribution in [-0.4, -0.2) is 0 Å². The summed E-state index contributed by atoms with van der Waals surface area (Å²) in [5, 5.41) is 21.8. The molecule has 0 spiro atoms. The summed E-state index contributed by atoms with van der Waals surface area (Å²) in [7, 11) is 0. The molecule has 45 heavy (non-hydrogen) atoms. The minimum Gasteiger partial charge on any atom is -0.456 e. The lowest BCUT2D eigenvalue weighted by Crippen LogP contribution is -1.98. The molecule has 0 amide bonds. The van der Waals surface area contributed by atoms with E-state index in [0.29, 0.717) is 5.56 Å². The second-order valence-electron chi connectivity index (χ2n) is 12.0. The first-order valence-electron chi connectivity index (χ1n) is 15.2. The zero-order valence-electron chi connectivity index (χ0n) is 24.1. The zero-order chi connectivity index (χ0) is 29.6. The van der Waals surface area contributed by atoms with E-state index >= 15 is 0 Å². The number of rotatable bonds is 2. The van der Waals surface area contributed by atoms with Crippen LogP contribution in [0, 0.1) is 11.3 Å². The molecular weight excluding hydrogens is 546 g/mol. The van der Waals surface area contributed by atoms with Gasteiger partial charge in [0.1, 0.15) is 11.5 Å². The summed E-state index contributed by atoms with van der Waals surface area (Å²) in [4.78, 5) is 0. The first kappa shape index (κ1) is 24.3. The average Bonchev–Trinajstić information content (AvgIpc) is 3.10. The lowest BCUT2D eigenvalue weighted by atomic mass is 9.88. The first-order valence-corrected chi connectivity index (χ1v) is 15.2. The van der Waals surface area contributed by atoms with Gasteiger partial charge in [-0.2, -0.15) is 5.26 Å². The summed E-state index contributed by atoms with van der Waals surface area (Å²) in [6.45, 7) is 0. The molecule has 0 saturated heterocycles. The molecule has 10 rings (SSSR count). The molecule has 0 N–H and O–H groups in total. The van der Waals surface area contributed by atoms with E-state index in [1.54, 1.807) is 0 Å². The van der Waals surface area contributed by atoms with Crippen molar-refractivity contribution in [3.8, 4) is 50.9 Å². The van der Waals surface area contributed by atoms with Crippen molar-refractivity contribution in [2.45, 2.75) is 0 Å². The molecule has 0 aliphatic carbocycles. The molecule has 2 nitrogen and oxygen atoms in total. The Labute approximate surface area is 259 Å². The molecule has 1 heterocycles. The monoisotopic (exact) mass is 569 g/mol. The van der Waals surface area contributed by atoms with Gasteiger partial charge in [-0.25, -0.2) is 0 Å². The fraction of sp³-hybridized carbons (Fsp3) is 0. The minimum atomic E-state index is 0.662. The van der Waals surface area contributed by atoms with E-state index in [-0.39, 0.29) is 0 Å². The largest absolute Gasteiger partial charge is 0.456 e. The van der Waals surface area contributed by atoms with E-state index in [4.69, 9.17) is 4.74 Å². The van der Waals surface area contributed by atoms with Crippen LogP contribution in [0.2, 0.25) is 0 Å². The predicted molar refractivity (Wildman–Crippen MR) is 186 cm³/mol. The first-order chi connectivity index (χ1) is 22.2. The van der Waals surface area contributed by atoms with Crippen molar-refractivity contribution < 1.29 is 4.74 Å². The van der Waals surface area contributed by atoms with Crippen LogP contribution >= 0.6 is 0 Å². The molecule has 2 heteroatoms. The molecule has 0 radical (unpaired) electrons. The Morgan fingerprint density at radius 1 is 0.400 bits per heavy atom. The number of ether oxygens (including phenoxy) is 1. The van der Waals surface area contributed by atoms with Crippen molar-refractivity contribution >= 4 is 53.9 Å². The van der Waals surface area contributed by atoms with Gasteiger partial charge in [-0.15, -0.1) is 0 Å². The third kappa shape index (κ3) is 3.44. The van der Waals surface area contributed by atoms with Crippen molar-refractivity contribution in [2.24, 2.45) is 0 Å². The second kappa shape index (κ2) is 8.92. The molecule has 0 bridgehead atoms. The third-order valence-corrected chi connectivity index (χ3v) is 9.58. The predicted octanol–water partition coefficient (Wildman–Crippen LogP) is 11.9. The lowest BCUT2D eigenvalue weighted by molar-refractivity contribution is 0.487. The van der Waals surface area contributed by atoms with Gasteiger partial charge in [-0.3, -0.25) is 0 Å². The van der Waals surface area contributed by atoms with E-state index in [0.717, 1.165) is 39.0 Å². The fourth-order valence-corrected chi connectivity index (χ4v) is 7.55. The highest BCUT2D eigenvalue weighted by atomic mass is 16.5. The fourth-order valence-electron chi connectivity index (χ4n) is 7.55. The van der Waals surface area contributed by atoms with Crippen LogP contribution in [0.5, 0.6) is 11.5 Å². The Bertz CT molecular complexity index is 2680. The number of fused-ring (bicyclic) bond motifs is 3. The average molecular weight is 570 g/mol. The highest BCUT2D eigenvalue weighted by molar-refractivity contribution is 6.25. The van der Waals surface area contributed by atoms with Gasteiger partial charge in [0.15, 0.2) is 0 Å². The Morgan fingerprint density at radius 3 is 1.78 bits per heavy atom. The zero-order valence-corrected chi connectivity index (χ0v) is 24.1. The number of nitriles is 1.